The zero-order valence-corrected chi connectivity index (χ0v) is 12.8. The SMILES string of the molecule is CCC(=O)c1ccc2c(c1)nc(COC)n2CCCC(=O)O. The lowest BCUT2D eigenvalue weighted by atomic mass is 10.1. The molecule has 1 N–H and O–H groups in total. The van der Waals surface area contributed by atoms with E-state index in [1.165, 1.54) is 0 Å². The summed E-state index contributed by atoms with van der Waals surface area (Å²) < 4.78 is 7.12. The standard InChI is InChI=1S/C16H20N2O4/c1-3-14(19)11-6-7-13-12(9-11)17-15(10-22-2)18(13)8-4-5-16(20)21/h6-7,9H,3-5,8,10H2,1-2H3,(H,20,21). The van der Waals surface area contributed by atoms with Gasteiger partial charge in [-0.15, -0.1) is 0 Å². The van der Waals surface area contributed by atoms with Crippen molar-refractivity contribution in [2.45, 2.75) is 39.3 Å². The van der Waals surface area contributed by atoms with Gasteiger partial charge < -0.3 is 14.4 Å². The molecule has 0 unspecified atom stereocenters. The van der Waals surface area contributed by atoms with E-state index in [2.05, 4.69) is 4.98 Å². The molecule has 0 atom stereocenters. The Morgan fingerprint density at radius 3 is 2.77 bits per heavy atom. The van der Waals surface area contributed by atoms with E-state index in [9.17, 15) is 9.59 Å². The Bertz CT molecular complexity index is 691. The van der Waals surface area contributed by atoms with E-state index >= 15 is 0 Å². The predicted molar refractivity (Wildman–Crippen MR) is 81.9 cm³/mol. The number of aliphatic carboxylic acids is 1. The molecule has 0 bridgehead atoms. The third-order valence-electron chi connectivity index (χ3n) is 3.52. The molecule has 0 spiro atoms. The number of aryl methyl sites for hydroxylation is 1. The Kier molecular flexibility index (Phi) is 5.27. The van der Waals surface area contributed by atoms with Crippen molar-refractivity contribution >= 4 is 22.8 Å². The largest absolute Gasteiger partial charge is 0.481 e. The first-order chi connectivity index (χ1) is 10.6. The quantitative estimate of drug-likeness (QED) is 0.758. The minimum atomic E-state index is -0.812. The molecule has 1 heterocycles. The average molecular weight is 304 g/mol. The number of hydrogen-bond acceptors (Lipinski definition) is 4. The fraction of sp³-hybridized carbons (Fsp3) is 0.438. The van der Waals surface area contributed by atoms with Crippen molar-refractivity contribution in [3.8, 4) is 0 Å². The van der Waals surface area contributed by atoms with Gasteiger partial charge in [0.25, 0.3) is 0 Å². The first-order valence-corrected chi connectivity index (χ1v) is 7.30. The third kappa shape index (κ3) is 3.51. The van der Waals surface area contributed by atoms with E-state index in [0.29, 0.717) is 31.6 Å². The molecular weight excluding hydrogens is 284 g/mol. The van der Waals surface area contributed by atoms with Crippen molar-refractivity contribution in [2.24, 2.45) is 0 Å². The topological polar surface area (TPSA) is 81.4 Å². The summed E-state index contributed by atoms with van der Waals surface area (Å²) in [4.78, 5) is 27.0. The van der Waals surface area contributed by atoms with E-state index < -0.39 is 5.97 Å². The summed E-state index contributed by atoms with van der Waals surface area (Å²) in [5, 5.41) is 8.77. The number of hydrogen-bond donors (Lipinski definition) is 1. The van der Waals surface area contributed by atoms with E-state index in [0.717, 1.165) is 16.9 Å². The van der Waals surface area contributed by atoms with Crippen LogP contribution in [0, 0.1) is 0 Å². The summed E-state index contributed by atoms with van der Waals surface area (Å²) in [6.07, 6.45) is 1.08. The Labute approximate surface area is 128 Å². The van der Waals surface area contributed by atoms with Crippen molar-refractivity contribution < 1.29 is 19.4 Å². The van der Waals surface area contributed by atoms with Gasteiger partial charge >= 0.3 is 5.97 Å². The molecule has 1 aromatic carbocycles. The number of benzene rings is 1. The van der Waals surface area contributed by atoms with Crippen LogP contribution in [-0.2, 0) is 22.7 Å². The number of fused-ring (bicyclic) bond motifs is 1. The number of carbonyl (C=O) groups excluding carboxylic acids is 1. The molecular formula is C16H20N2O4. The second-order valence-electron chi connectivity index (χ2n) is 5.09. The van der Waals surface area contributed by atoms with Gasteiger partial charge in [-0.25, -0.2) is 4.98 Å². The highest BCUT2D eigenvalue weighted by Gasteiger charge is 2.13. The van der Waals surface area contributed by atoms with Gasteiger partial charge in [0.1, 0.15) is 12.4 Å². The number of carboxylic acids is 1. The number of rotatable bonds is 8. The van der Waals surface area contributed by atoms with Gasteiger partial charge in [-0.2, -0.15) is 0 Å². The fourth-order valence-corrected chi connectivity index (χ4v) is 2.43. The van der Waals surface area contributed by atoms with Crippen LogP contribution in [0.3, 0.4) is 0 Å². The van der Waals surface area contributed by atoms with Crippen LogP contribution < -0.4 is 0 Å². The molecule has 0 aliphatic rings. The van der Waals surface area contributed by atoms with Gasteiger partial charge in [-0.05, 0) is 24.6 Å². The Hall–Kier alpha value is -2.21. The number of imidazole rings is 1. The first kappa shape index (κ1) is 16.2. The molecule has 0 fully saturated rings. The van der Waals surface area contributed by atoms with Gasteiger partial charge in [-0.3, -0.25) is 9.59 Å². The normalized spacial score (nSPS) is 11.0. The van der Waals surface area contributed by atoms with Gasteiger partial charge in [0.15, 0.2) is 5.78 Å². The summed E-state index contributed by atoms with van der Waals surface area (Å²) >= 11 is 0. The van der Waals surface area contributed by atoms with Gasteiger partial charge in [0.2, 0.25) is 0 Å². The van der Waals surface area contributed by atoms with Crippen LogP contribution in [-0.4, -0.2) is 33.5 Å². The summed E-state index contributed by atoms with van der Waals surface area (Å²) in [5.74, 6) is 0.00754. The molecule has 0 amide bonds. The number of ketones is 1. The Morgan fingerprint density at radius 1 is 1.36 bits per heavy atom. The number of carbonyl (C=O) groups is 2. The first-order valence-electron chi connectivity index (χ1n) is 7.30. The highest BCUT2D eigenvalue weighted by atomic mass is 16.5. The highest BCUT2D eigenvalue weighted by molar-refractivity contribution is 5.98. The van der Waals surface area contributed by atoms with E-state index in [1.54, 1.807) is 19.2 Å². The van der Waals surface area contributed by atoms with Gasteiger partial charge in [-0.1, -0.05) is 6.92 Å². The number of carboxylic acid groups (broad SMARTS) is 1. The van der Waals surface area contributed by atoms with Crippen molar-refractivity contribution in [1.82, 2.24) is 9.55 Å². The molecule has 6 nitrogen and oxygen atoms in total. The van der Waals surface area contributed by atoms with Crippen molar-refractivity contribution in [2.75, 3.05) is 7.11 Å². The molecule has 0 saturated heterocycles. The van der Waals surface area contributed by atoms with Gasteiger partial charge in [0.05, 0.1) is 11.0 Å². The second kappa shape index (κ2) is 7.17. The van der Waals surface area contributed by atoms with Crippen molar-refractivity contribution in [3.63, 3.8) is 0 Å². The zero-order chi connectivity index (χ0) is 16.1. The molecule has 0 radical (unpaired) electrons. The maximum atomic E-state index is 11.8. The Balaban J connectivity index is 2.36. The summed E-state index contributed by atoms with van der Waals surface area (Å²) in [6, 6.07) is 5.44. The Morgan fingerprint density at radius 2 is 2.14 bits per heavy atom. The number of methoxy groups -OCH3 is 1. The van der Waals surface area contributed by atoms with Gasteiger partial charge in [0, 0.05) is 32.1 Å². The minimum Gasteiger partial charge on any atom is -0.481 e. The molecule has 6 heteroatoms. The summed E-state index contributed by atoms with van der Waals surface area (Å²) in [6.45, 7) is 2.73. The van der Waals surface area contributed by atoms with E-state index in [4.69, 9.17) is 9.84 Å². The van der Waals surface area contributed by atoms with Crippen molar-refractivity contribution in [3.05, 3.63) is 29.6 Å². The van der Waals surface area contributed by atoms with Crippen LogP contribution in [0.4, 0.5) is 0 Å². The lowest BCUT2D eigenvalue weighted by Gasteiger charge is -2.08. The molecule has 0 aliphatic carbocycles. The lowest BCUT2D eigenvalue weighted by molar-refractivity contribution is -0.137. The van der Waals surface area contributed by atoms with E-state index in [1.807, 2.05) is 17.6 Å². The zero-order valence-electron chi connectivity index (χ0n) is 12.8. The minimum absolute atomic E-state index is 0.0793. The average Bonchev–Trinajstić information content (AvgIpc) is 2.83. The fourth-order valence-electron chi connectivity index (χ4n) is 2.43. The smallest absolute Gasteiger partial charge is 0.303 e. The van der Waals surface area contributed by atoms with Crippen LogP contribution in [0.25, 0.3) is 11.0 Å². The molecule has 2 rings (SSSR count). The van der Waals surface area contributed by atoms with Crippen LogP contribution >= 0.6 is 0 Å². The van der Waals surface area contributed by atoms with Crippen LogP contribution in [0.2, 0.25) is 0 Å². The van der Waals surface area contributed by atoms with Crippen LogP contribution in [0.15, 0.2) is 18.2 Å². The number of aromatic nitrogens is 2. The van der Waals surface area contributed by atoms with Crippen LogP contribution in [0.1, 0.15) is 42.4 Å². The number of nitrogens with zero attached hydrogens (tertiary/aromatic N) is 2. The van der Waals surface area contributed by atoms with Crippen molar-refractivity contribution in [1.29, 1.82) is 0 Å². The third-order valence-corrected chi connectivity index (χ3v) is 3.52. The van der Waals surface area contributed by atoms with Crippen LogP contribution in [0.5, 0.6) is 0 Å². The maximum absolute atomic E-state index is 11.8. The second-order valence-corrected chi connectivity index (χ2v) is 5.09. The number of ether oxygens (including phenoxy) is 1. The number of Topliss-reactive ketones (excluding diaryl/α,β-unsaturated/α-hetero) is 1. The monoisotopic (exact) mass is 304 g/mol. The molecule has 22 heavy (non-hydrogen) atoms. The highest BCUT2D eigenvalue weighted by Crippen LogP contribution is 2.20. The molecule has 2 aromatic rings. The predicted octanol–water partition coefficient (Wildman–Crippen LogP) is 2.64. The van der Waals surface area contributed by atoms with E-state index in [-0.39, 0.29) is 12.2 Å². The summed E-state index contributed by atoms with van der Waals surface area (Å²) in [5.41, 5.74) is 2.28. The maximum Gasteiger partial charge on any atom is 0.303 e. The summed E-state index contributed by atoms with van der Waals surface area (Å²) in [7, 11) is 1.59. The lowest BCUT2D eigenvalue weighted by Crippen LogP contribution is -2.07. The molecule has 118 valence electrons. The molecule has 0 saturated carbocycles. The molecule has 1 aromatic heterocycles. The molecule has 0 aliphatic heterocycles.